The lowest BCUT2D eigenvalue weighted by Gasteiger charge is -2.24. The molecule has 1 aliphatic carbocycles. The first kappa shape index (κ1) is 18.5. The van der Waals surface area contributed by atoms with Crippen LogP contribution in [0.4, 0.5) is 14.5 Å². The van der Waals surface area contributed by atoms with E-state index in [0.29, 0.717) is 34.3 Å². The van der Waals surface area contributed by atoms with Crippen LogP contribution in [0, 0.1) is 5.92 Å². The summed E-state index contributed by atoms with van der Waals surface area (Å²) < 4.78 is 24.5. The van der Waals surface area contributed by atoms with Crippen molar-refractivity contribution in [2.75, 3.05) is 5.32 Å². The first-order valence-electron chi connectivity index (χ1n) is 7.73. The van der Waals surface area contributed by atoms with Gasteiger partial charge in [-0.05, 0) is 49.4 Å². The number of hydrogen-bond acceptors (Lipinski definition) is 3. The molecular weight excluding hydrogens is 342 g/mol. The fourth-order valence-electron chi connectivity index (χ4n) is 3.47. The number of hydrogen-bond donors (Lipinski definition) is 2. The van der Waals surface area contributed by atoms with E-state index < -0.39 is 5.76 Å². The molecule has 1 aliphatic heterocycles. The van der Waals surface area contributed by atoms with Crippen molar-refractivity contribution in [3.8, 4) is 0 Å². The minimum absolute atomic E-state index is 0. The van der Waals surface area contributed by atoms with Gasteiger partial charge in [0.05, 0.1) is 6.04 Å². The largest absolute Gasteiger partial charge is 0.325 e. The molecule has 2 fully saturated rings. The van der Waals surface area contributed by atoms with Crippen molar-refractivity contribution in [1.82, 2.24) is 5.32 Å². The van der Waals surface area contributed by atoms with E-state index in [1.807, 2.05) is 0 Å². The number of thioether (sulfide) groups is 1. The average molecular weight is 363 g/mol. The van der Waals surface area contributed by atoms with Gasteiger partial charge in [0.15, 0.2) is 0 Å². The lowest BCUT2D eigenvalue weighted by molar-refractivity contribution is -0.117. The van der Waals surface area contributed by atoms with Gasteiger partial charge in [-0.1, -0.05) is 24.6 Å². The summed E-state index contributed by atoms with van der Waals surface area (Å²) in [6.45, 7) is 0. The lowest BCUT2D eigenvalue weighted by Crippen LogP contribution is -2.39. The Morgan fingerprint density at radius 3 is 2.57 bits per heavy atom. The van der Waals surface area contributed by atoms with Crippen LogP contribution in [0.2, 0.25) is 0 Å². The van der Waals surface area contributed by atoms with E-state index in [0.717, 1.165) is 12.8 Å². The molecule has 3 rings (SSSR count). The van der Waals surface area contributed by atoms with Crippen molar-refractivity contribution in [3.05, 3.63) is 24.3 Å². The van der Waals surface area contributed by atoms with Crippen LogP contribution in [0.3, 0.4) is 0 Å². The predicted octanol–water partition coefficient (Wildman–Crippen LogP) is 4.28. The monoisotopic (exact) mass is 362 g/mol. The van der Waals surface area contributed by atoms with E-state index in [2.05, 4.69) is 10.6 Å². The van der Waals surface area contributed by atoms with Crippen LogP contribution < -0.4 is 10.6 Å². The summed E-state index contributed by atoms with van der Waals surface area (Å²) in [5.74, 6) is -1.83. The zero-order valence-corrected chi connectivity index (χ0v) is 14.3. The third-order valence-electron chi connectivity index (χ3n) is 4.53. The normalized spacial score (nSPS) is 26.5. The number of fused-ring (bicyclic) bond motifs is 1. The molecule has 2 aliphatic rings. The molecule has 128 valence electrons. The average Bonchev–Trinajstić information content (AvgIpc) is 2.93. The standard InChI is InChI=1S/C16H20F2N2OS.ClH/c17-16(18)22-12-7-5-11(6-8-12)19-15(21)14-9-10-3-1-2-4-13(10)20-14;/h5-8,10,13-14,16,20H,1-4,9H2,(H,19,21);1H. The van der Waals surface area contributed by atoms with Crippen LogP contribution in [0.5, 0.6) is 0 Å². The molecule has 1 saturated heterocycles. The second-order valence-corrected chi connectivity index (χ2v) is 7.06. The number of anilines is 1. The van der Waals surface area contributed by atoms with Crippen LogP contribution in [0.1, 0.15) is 32.1 Å². The second-order valence-electron chi connectivity index (χ2n) is 6.00. The van der Waals surface area contributed by atoms with E-state index >= 15 is 0 Å². The fraction of sp³-hybridized carbons (Fsp3) is 0.562. The maximum Gasteiger partial charge on any atom is 0.288 e. The molecule has 1 saturated carbocycles. The summed E-state index contributed by atoms with van der Waals surface area (Å²) in [6.07, 6.45) is 5.77. The zero-order valence-electron chi connectivity index (χ0n) is 12.6. The molecule has 0 aromatic heterocycles. The number of alkyl halides is 2. The van der Waals surface area contributed by atoms with E-state index in [1.165, 1.54) is 19.3 Å². The number of benzene rings is 1. The first-order valence-corrected chi connectivity index (χ1v) is 8.61. The summed E-state index contributed by atoms with van der Waals surface area (Å²) in [7, 11) is 0. The molecule has 1 amide bonds. The second kappa shape index (κ2) is 8.31. The molecule has 1 aromatic rings. The molecule has 2 N–H and O–H groups in total. The van der Waals surface area contributed by atoms with Gasteiger partial charge in [-0.3, -0.25) is 4.79 Å². The van der Waals surface area contributed by atoms with E-state index in [-0.39, 0.29) is 24.4 Å². The van der Waals surface area contributed by atoms with Crippen LogP contribution in [0.25, 0.3) is 0 Å². The van der Waals surface area contributed by atoms with Gasteiger partial charge in [-0.15, -0.1) is 12.4 Å². The molecular formula is C16H21ClF2N2OS. The Kier molecular flexibility index (Phi) is 6.68. The molecule has 0 spiro atoms. The van der Waals surface area contributed by atoms with Crippen molar-refractivity contribution in [2.24, 2.45) is 5.92 Å². The van der Waals surface area contributed by atoms with Crippen LogP contribution in [0.15, 0.2) is 29.2 Å². The smallest absolute Gasteiger partial charge is 0.288 e. The first-order chi connectivity index (χ1) is 10.6. The Balaban J connectivity index is 0.00000192. The molecule has 0 radical (unpaired) electrons. The number of carbonyl (C=O) groups excluding carboxylic acids is 1. The third kappa shape index (κ3) is 4.81. The summed E-state index contributed by atoms with van der Waals surface area (Å²) in [5, 5.41) is 6.31. The maximum atomic E-state index is 12.3. The summed E-state index contributed by atoms with van der Waals surface area (Å²) in [6, 6.07) is 6.90. The van der Waals surface area contributed by atoms with Crippen molar-refractivity contribution in [3.63, 3.8) is 0 Å². The number of halogens is 3. The van der Waals surface area contributed by atoms with Gasteiger partial charge in [0.25, 0.3) is 5.76 Å². The van der Waals surface area contributed by atoms with E-state index in [4.69, 9.17) is 0 Å². The minimum Gasteiger partial charge on any atom is -0.325 e. The summed E-state index contributed by atoms with van der Waals surface area (Å²) in [5.41, 5.74) is 0.653. The molecule has 0 bridgehead atoms. The number of carbonyl (C=O) groups is 1. The van der Waals surface area contributed by atoms with Crippen molar-refractivity contribution in [1.29, 1.82) is 0 Å². The van der Waals surface area contributed by atoms with Gasteiger partial charge in [-0.25, -0.2) is 0 Å². The SMILES string of the molecule is Cl.O=C(Nc1ccc(SC(F)F)cc1)C1CC2CCCCC2N1. The van der Waals surface area contributed by atoms with Crippen molar-refractivity contribution < 1.29 is 13.6 Å². The van der Waals surface area contributed by atoms with Gasteiger partial charge in [0, 0.05) is 16.6 Å². The van der Waals surface area contributed by atoms with E-state index in [1.54, 1.807) is 24.3 Å². The van der Waals surface area contributed by atoms with Gasteiger partial charge in [-0.2, -0.15) is 8.78 Å². The molecule has 23 heavy (non-hydrogen) atoms. The van der Waals surface area contributed by atoms with Crippen LogP contribution in [-0.4, -0.2) is 23.7 Å². The molecule has 1 aromatic carbocycles. The molecule has 3 nitrogen and oxygen atoms in total. The summed E-state index contributed by atoms with van der Waals surface area (Å²) in [4.78, 5) is 12.8. The highest BCUT2D eigenvalue weighted by Crippen LogP contribution is 2.33. The van der Waals surface area contributed by atoms with Crippen molar-refractivity contribution >= 4 is 35.8 Å². The fourth-order valence-corrected chi connectivity index (χ4v) is 3.97. The van der Waals surface area contributed by atoms with Crippen LogP contribution >= 0.6 is 24.2 Å². The Morgan fingerprint density at radius 2 is 1.91 bits per heavy atom. The summed E-state index contributed by atoms with van der Waals surface area (Å²) >= 11 is 0.506. The molecule has 3 unspecified atom stereocenters. The minimum atomic E-state index is -2.42. The number of amides is 1. The van der Waals surface area contributed by atoms with Crippen LogP contribution in [-0.2, 0) is 4.79 Å². The topological polar surface area (TPSA) is 41.1 Å². The predicted molar refractivity (Wildman–Crippen MR) is 91.5 cm³/mol. The quantitative estimate of drug-likeness (QED) is 0.785. The highest BCUT2D eigenvalue weighted by molar-refractivity contribution is 7.99. The third-order valence-corrected chi connectivity index (χ3v) is 5.25. The van der Waals surface area contributed by atoms with Gasteiger partial charge >= 0.3 is 0 Å². The van der Waals surface area contributed by atoms with Crippen molar-refractivity contribution in [2.45, 2.75) is 54.8 Å². The van der Waals surface area contributed by atoms with Gasteiger partial charge in [0.2, 0.25) is 5.91 Å². The highest BCUT2D eigenvalue weighted by atomic mass is 35.5. The Hall–Kier alpha value is -0.850. The number of nitrogens with one attached hydrogen (secondary N) is 2. The van der Waals surface area contributed by atoms with Gasteiger partial charge in [0.1, 0.15) is 0 Å². The molecule has 7 heteroatoms. The zero-order chi connectivity index (χ0) is 15.5. The molecule has 1 heterocycles. The Morgan fingerprint density at radius 1 is 1.22 bits per heavy atom. The number of rotatable bonds is 4. The highest BCUT2D eigenvalue weighted by Gasteiger charge is 2.38. The Bertz CT molecular complexity index is 515. The van der Waals surface area contributed by atoms with Gasteiger partial charge < -0.3 is 10.6 Å². The lowest BCUT2D eigenvalue weighted by atomic mass is 9.85. The van der Waals surface area contributed by atoms with E-state index in [9.17, 15) is 13.6 Å². The Labute approximate surface area is 145 Å². The maximum absolute atomic E-state index is 12.3. The molecule has 3 atom stereocenters.